The van der Waals surface area contributed by atoms with Gasteiger partial charge in [-0.2, -0.15) is 0 Å². The molecule has 0 aliphatic heterocycles. The molecule has 0 radical (unpaired) electrons. The third kappa shape index (κ3) is 6.99. The minimum absolute atomic E-state index is 0.0558. The van der Waals surface area contributed by atoms with E-state index in [1.165, 1.54) is 24.0 Å². The molecular weight excluding hydrogens is 448 g/mol. The van der Waals surface area contributed by atoms with Gasteiger partial charge in [-0.15, -0.1) is 0 Å². The Kier molecular flexibility index (Phi) is 9.38. The largest absolute Gasteiger partial charge is 0.496 e. The second-order valence-corrected chi connectivity index (χ2v) is 11.5. The van der Waals surface area contributed by atoms with Crippen molar-refractivity contribution < 1.29 is 19.1 Å². The van der Waals surface area contributed by atoms with Gasteiger partial charge >= 0.3 is 5.97 Å². The second-order valence-electron chi connectivity index (χ2n) is 11.5. The van der Waals surface area contributed by atoms with Crippen molar-refractivity contribution in [3.05, 3.63) is 58.7 Å². The predicted octanol–water partition coefficient (Wildman–Crippen LogP) is 8.03. The number of Topliss-reactive ketones (excluding diaryl/α,β-unsaturated/α-hetero) is 1. The Labute approximate surface area is 217 Å². The van der Waals surface area contributed by atoms with E-state index in [2.05, 4.69) is 51.1 Å². The number of ether oxygens (including phenoxy) is 2. The molecule has 0 unspecified atom stereocenters. The Morgan fingerprint density at radius 2 is 1.31 bits per heavy atom. The molecule has 1 saturated carbocycles. The lowest BCUT2D eigenvalue weighted by atomic mass is 9.59. The van der Waals surface area contributed by atoms with Crippen LogP contribution in [0.4, 0.5) is 0 Å². The summed E-state index contributed by atoms with van der Waals surface area (Å²) in [5.41, 5.74) is 5.08. The van der Waals surface area contributed by atoms with Crippen molar-refractivity contribution in [2.24, 2.45) is 5.41 Å². The van der Waals surface area contributed by atoms with Crippen LogP contribution < -0.4 is 9.47 Å². The molecule has 4 heteroatoms. The molecule has 0 N–H and O–H groups in total. The maximum Gasteiger partial charge on any atom is 0.311 e. The van der Waals surface area contributed by atoms with Crippen LogP contribution in [0.3, 0.4) is 0 Å². The Morgan fingerprint density at radius 1 is 0.778 bits per heavy atom. The summed E-state index contributed by atoms with van der Waals surface area (Å²) in [5, 5.41) is 0. The van der Waals surface area contributed by atoms with Crippen LogP contribution in [0.15, 0.2) is 36.4 Å². The van der Waals surface area contributed by atoms with Gasteiger partial charge in [-0.3, -0.25) is 4.79 Å². The lowest BCUT2D eigenvalue weighted by molar-refractivity contribution is -0.134. The number of carbonyl (C=O) groups is 2. The Bertz CT molecular complexity index is 1060. The highest BCUT2D eigenvalue weighted by molar-refractivity contribution is 5.75. The summed E-state index contributed by atoms with van der Waals surface area (Å²) < 4.78 is 11.3. The molecule has 4 nitrogen and oxygen atoms in total. The Hall–Kier alpha value is -2.62. The quantitative estimate of drug-likeness (QED) is 0.181. The lowest BCUT2D eigenvalue weighted by Crippen LogP contribution is -2.36. The van der Waals surface area contributed by atoms with Crippen LogP contribution in [0.1, 0.15) is 107 Å². The highest BCUT2D eigenvalue weighted by Gasteiger charge is 2.41. The minimum Gasteiger partial charge on any atom is -0.496 e. The fourth-order valence-corrected chi connectivity index (χ4v) is 5.51. The zero-order chi connectivity index (χ0) is 26.3. The van der Waals surface area contributed by atoms with E-state index >= 15 is 0 Å². The van der Waals surface area contributed by atoms with Crippen LogP contribution in [0, 0.1) is 19.3 Å². The van der Waals surface area contributed by atoms with Crippen molar-refractivity contribution in [3.63, 3.8) is 0 Å². The van der Waals surface area contributed by atoms with Gasteiger partial charge in [0.25, 0.3) is 0 Å². The average molecular weight is 493 g/mol. The summed E-state index contributed by atoms with van der Waals surface area (Å²) in [6.45, 7) is 10.5. The number of rotatable bonds is 11. The normalized spacial score (nSPS) is 16.4. The van der Waals surface area contributed by atoms with E-state index in [1.807, 2.05) is 13.0 Å². The topological polar surface area (TPSA) is 52.6 Å². The number of methoxy groups -OCH3 is 1. The van der Waals surface area contributed by atoms with Crippen LogP contribution in [-0.2, 0) is 15.0 Å². The zero-order valence-corrected chi connectivity index (χ0v) is 23.2. The molecule has 3 rings (SSSR count). The van der Waals surface area contributed by atoms with Crippen LogP contribution in [0.2, 0.25) is 0 Å². The fourth-order valence-electron chi connectivity index (χ4n) is 5.51. The first-order valence-corrected chi connectivity index (χ1v) is 13.5. The molecule has 36 heavy (non-hydrogen) atoms. The third-order valence-corrected chi connectivity index (χ3v) is 8.02. The molecule has 1 fully saturated rings. The average Bonchev–Trinajstić information content (AvgIpc) is 2.82. The molecule has 1 aliphatic carbocycles. The van der Waals surface area contributed by atoms with Gasteiger partial charge in [-0.25, -0.2) is 0 Å². The number of hydrogen-bond donors (Lipinski definition) is 0. The zero-order valence-electron chi connectivity index (χ0n) is 23.2. The molecule has 0 atom stereocenters. The molecular formula is C32H44O4. The SMILES string of the molecule is COc1ccc(C2(c3ccc(OC(=O)CCCCCCC(C)=O)c(C)c3)CCC(C)(C)CC2)cc1C. The molecule has 0 saturated heterocycles. The molecule has 196 valence electrons. The fraction of sp³-hybridized carbons (Fsp3) is 0.562. The van der Waals surface area contributed by atoms with Crippen molar-refractivity contribution in [1.82, 2.24) is 0 Å². The van der Waals surface area contributed by atoms with Gasteiger partial charge in [-0.1, -0.05) is 51.0 Å². The smallest absolute Gasteiger partial charge is 0.311 e. The summed E-state index contributed by atoms with van der Waals surface area (Å²) in [4.78, 5) is 23.5. The van der Waals surface area contributed by atoms with E-state index in [0.717, 1.165) is 55.4 Å². The van der Waals surface area contributed by atoms with E-state index < -0.39 is 0 Å². The third-order valence-electron chi connectivity index (χ3n) is 8.02. The van der Waals surface area contributed by atoms with Gasteiger partial charge in [0.15, 0.2) is 0 Å². The van der Waals surface area contributed by atoms with Gasteiger partial charge in [0, 0.05) is 18.3 Å². The molecule has 2 aromatic carbocycles. The summed E-state index contributed by atoms with van der Waals surface area (Å²) in [5.74, 6) is 1.62. The summed E-state index contributed by atoms with van der Waals surface area (Å²) in [6, 6.07) is 13.0. The maximum absolute atomic E-state index is 12.5. The standard InChI is InChI=1S/C32H44O4/c1-23-21-26(13-15-28(23)35-6)32(19-17-31(4,5)18-20-32)27-14-16-29(24(2)22-27)36-30(34)12-10-8-7-9-11-25(3)33/h13-16,21-22H,7-12,17-20H2,1-6H3. The van der Waals surface area contributed by atoms with E-state index in [1.54, 1.807) is 14.0 Å². The Balaban J connectivity index is 1.74. The van der Waals surface area contributed by atoms with Crippen molar-refractivity contribution in [1.29, 1.82) is 0 Å². The first-order valence-electron chi connectivity index (χ1n) is 13.5. The van der Waals surface area contributed by atoms with Crippen LogP contribution in [0.25, 0.3) is 0 Å². The number of esters is 1. The number of unbranched alkanes of at least 4 members (excludes halogenated alkanes) is 3. The molecule has 0 aromatic heterocycles. The van der Waals surface area contributed by atoms with Crippen LogP contribution in [-0.4, -0.2) is 18.9 Å². The predicted molar refractivity (Wildman–Crippen MR) is 146 cm³/mol. The van der Waals surface area contributed by atoms with E-state index in [4.69, 9.17) is 9.47 Å². The Morgan fingerprint density at radius 3 is 1.81 bits per heavy atom. The van der Waals surface area contributed by atoms with E-state index in [-0.39, 0.29) is 17.2 Å². The molecule has 0 spiro atoms. The molecule has 0 bridgehead atoms. The molecule has 0 amide bonds. The molecule has 1 aliphatic rings. The summed E-state index contributed by atoms with van der Waals surface area (Å²) >= 11 is 0. The van der Waals surface area contributed by atoms with Crippen LogP contribution >= 0.6 is 0 Å². The van der Waals surface area contributed by atoms with Crippen molar-refractivity contribution in [2.75, 3.05) is 7.11 Å². The number of carbonyl (C=O) groups excluding carboxylic acids is 2. The second kappa shape index (κ2) is 12.1. The lowest BCUT2D eigenvalue weighted by Gasteiger charge is -2.45. The first-order chi connectivity index (χ1) is 17.1. The van der Waals surface area contributed by atoms with E-state index in [9.17, 15) is 9.59 Å². The molecule has 0 heterocycles. The van der Waals surface area contributed by atoms with Gasteiger partial charge in [-0.05, 0) is 99.1 Å². The monoisotopic (exact) mass is 492 g/mol. The van der Waals surface area contributed by atoms with Crippen LogP contribution in [0.5, 0.6) is 11.5 Å². The number of aryl methyl sites for hydroxylation is 2. The number of ketones is 1. The van der Waals surface area contributed by atoms with Crippen molar-refractivity contribution in [3.8, 4) is 11.5 Å². The van der Waals surface area contributed by atoms with Crippen molar-refractivity contribution in [2.45, 2.75) is 104 Å². The van der Waals surface area contributed by atoms with Crippen molar-refractivity contribution >= 4 is 11.8 Å². The maximum atomic E-state index is 12.5. The van der Waals surface area contributed by atoms with Gasteiger partial charge in [0.2, 0.25) is 0 Å². The first kappa shape index (κ1) is 28.0. The van der Waals surface area contributed by atoms with Gasteiger partial charge < -0.3 is 14.3 Å². The number of hydrogen-bond acceptors (Lipinski definition) is 4. The van der Waals surface area contributed by atoms with E-state index in [0.29, 0.717) is 24.0 Å². The summed E-state index contributed by atoms with van der Waals surface area (Å²) in [7, 11) is 1.72. The number of benzene rings is 2. The van der Waals surface area contributed by atoms with Gasteiger partial charge in [0.05, 0.1) is 7.11 Å². The highest BCUT2D eigenvalue weighted by Crippen LogP contribution is 2.51. The minimum atomic E-state index is -0.183. The highest BCUT2D eigenvalue weighted by atomic mass is 16.5. The summed E-state index contributed by atoms with van der Waals surface area (Å²) in [6.07, 6.45) is 9.17. The molecule has 2 aromatic rings. The van der Waals surface area contributed by atoms with Gasteiger partial charge in [0.1, 0.15) is 17.3 Å².